The molecule has 0 bridgehead atoms. The number of hydrogen-bond acceptors (Lipinski definition) is 2. The van der Waals surface area contributed by atoms with Gasteiger partial charge in [0, 0.05) is 0 Å². The van der Waals surface area contributed by atoms with Gasteiger partial charge < -0.3 is 9.31 Å². The van der Waals surface area contributed by atoms with Gasteiger partial charge in [-0.05, 0) is 57.1 Å². The zero-order chi connectivity index (χ0) is 14.3. The van der Waals surface area contributed by atoms with E-state index in [2.05, 4.69) is 59.7 Å². The third-order valence-corrected chi connectivity index (χ3v) is 4.55. The van der Waals surface area contributed by atoms with Gasteiger partial charge in [0.05, 0.1) is 11.2 Å². The van der Waals surface area contributed by atoms with Crippen molar-refractivity contribution in [1.82, 2.24) is 0 Å². The van der Waals surface area contributed by atoms with Gasteiger partial charge in [-0.25, -0.2) is 0 Å². The van der Waals surface area contributed by atoms with Gasteiger partial charge in [0.15, 0.2) is 0 Å². The molecule has 0 radical (unpaired) electrons. The predicted octanol–water partition coefficient (Wildman–Crippen LogP) is 3.11. The highest BCUT2D eigenvalue weighted by Crippen LogP contribution is 2.36. The first-order valence-electron chi connectivity index (χ1n) is 7.28. The third-order valence-electron chi connectivity index (χ3n) is 4.55. The Hall–Kier alpha value is -0.795. The van der Waals surface area contributed by atoms with Crippen LogP contribution in [0.2, 0.25) is 0 Å². The molecule has 0 saturated carbocycles. The van der Waals surface area contributed by atoms with Crippen molar-refractivity contribution in [3.05, 3.63) is 29.3 Å². The molecule has 1 aromatic carbocycles. The van der Waals surface area contributed by atoms with Gasteiger partial charge in [-0.15, -0.1) is 0 Å². The van der Waals surface area contributed by atoms with Gasteiger partial charge in [0.2, 0.25) is 0 Å². The van der Waals surface area contributed by atoms with Gasteiger partial charge in [0.1, 0.15) is 0 Å². The zero-order valence-corrected chi connectivity index (χ0v) is 13.0. The summed E-state index contributed by atoms with van der Waals surface area (Å²) in [5.41, 5.74) is 3.43. The van der Waals surface area contributed by atoms with Crippen molar-refractivity contribution in [1.29, 1.82) is 0 Å². The zero-order valence-electron chi connectivity index (χ0n) is 13.0. The molecule has 104 valence electrons. The minimum absolute atomic E-state index is 0.244. The lowest BCUT2D eigenvalue weighted by molar-refractivity contribution is 0.00578. The fourth-order valence-electron chi connectivity index (χ4n) is 2.61. The van der Waals surface area contributed by atoms with Gasteiger partial charge >= 0.3 is 7.12 Å². The van der Waals surface area contributed by atoms with Crippen LogP contribution in [0, 0.1) is 0 Å². The second-order valence-corrected chi connectivity index (χ2v) is 6.28. The van der Waals surface area contributed by atoms with Crippen LogP contribution in [0.3, 0.4) is 0 Å². The molecule has 1 aliphatic rings. The Kier molecular flexibility index (Phi) is 3.81. The van der Waals surface area contributed by atoms with Crippen LogP contribution in [0.5, 0.6) is 0 Å². The average Bonchev–Trinajstić information content (AvgIpc) is 2.57. The molecule has 2 nitrogen and oxygen atoms in total. The number of aryl methyl sites for hydroxylation is 1. The van der Waals surface area contributed by atoms with Gasteiger partial charge in [-0.2, -0.15) is 0 Å². The molecule has 1 heterocycles. The molecule has 1 saturated heterocycles. The van der Waals surface area contributed by atoms with Crippen molar-refractivity contribution >= 4 is 12.6 Å². The van der Waals surface area contributed by atoms with Crippen molar-refractivity contribution in [3.8, 4) is 0 Å². The summed E-state index contributed by atoms with van der Waals surface area (Å²) in [6.45, 7) is 12.8. The molecule has 1 aromatic rings. The van der Waals surface area contributed by atoms with E-state index in [0.717, 1.165) is 12.8 Å². The van der Waals surface area contributed by atoms with Crippen molar-refractivity contribution in [2.45, 2.75) is 65.6 Å². The monoisotopic (exact) mass is 260 g/mol. The largest absolute Gasteiger partial charge is 0.495 e. The minimum atomic E-state index is -0.273. The number of rotatable bonds is 3. The van der Waals surface area contributed by atoms with Crippen LogP contribution in [0.25, 0.3) is 0 Å². The first-order chi connectivity index (χ1) is 8.82. The van der Waals surface area contributed by atoms with E-state index >= 15 is 0 Å². The standard InChI is InChI=1S/C16H25BO2/c1-7-12-10-9-11-14(13(12)8-2)17-18-15(3,4)16(5,6)19-17/h9-11H,7-8H2,1-6H3. The first-order valence-corrected chi connectivity index (χ1v) is 7.28. The summed E-state index contributed by atoms with van der Waals surface area (Å²) in [7, 11) is -0.244. The van der Waals surface area contributed by atoms with E-state index < -0.39 is 0 Å². The Labute approximate surface area is 117 Å². The number of hydrogen-bond donors (Lipinski definition) is 0. The molecule has 2 rings (SSSR count). The molecule has 0 aromatic heterocycles. The Morgan fingerprint density at radius 2 is 1.53 bits per heavy atom. The van der Waals surface area contributed by atoms with Crippen molar-refractivity contribution in [2.75, 3.05) is 0 Å². The highest BCUT2D eigenvalue weighted by atomic mass is 16.7. The lowest BCUT2D eigenvalue weighted by atomic mass is 9.74. The van der Waals surface area contributed by atoms with Crippen LogP contribution in [0.1, 0.15) is 52.7 Å². The summed E-state index contributed by atoms with van der Waals surface area (Å²) in [5.74, 6) is 0. The van der Waals surface area contributed by atoms with E-state index in [1.54, 1.807) is 0 Å². The van der Waals surface area contributed by atoms with Crippen LogP contribution < -0.4 is 5.46 Å². The van der Waals surface area contributed by atoms with Gasteiger partial charge in [0.25, 0.3) is 0 Å². The quantitative estimate of drug-likeness (QED) is 0.777. The maximum atomic E-state index is 6.17. The molecule has 1 fully saturated rings. The van der Waals surface area contributed by atoms with Crippen molar-refractivity contribution in [3.63, 3.8) is 0 Å². The van der Waals surface area contributed by atoms with Gasteiger partial charge in [-0.1, -0.05) is 32.0 Å². The summed E-state index contributed by atoms with van der Waals surface area (Å²) < 4.78 is 12.3. The molecule has 0 amide bonds. The molecule has 0 aliphatic carbocycles. The van der Waals surface area contributed by atoms with Crippen LogP contribution in [0.15, 0.2) is 18.2 Å². The topological polar surface area (TPSA) is 18.5 Å². The van der Waals surface area contributed by atoms with E-state index in [9.17, 15) is 0 Å². The molecular formula is C16H25BO2. The Morgan fingerprint density at radius 3 is 2.00 bits per heavy atom. The van der Waals surface area contributed by atoms with Crippen molar-refractivity contribution < 1.29 is 9.31 Å². The summed E-state index contributed by atoms with van der Waals surface area (Å²) in [5, 5.41) is 0. The van der Waals surface area contributed by atoms with Crippen LogP contribution in [-0.2, 0) is 22.2 Å². The summed E-state index contributed by atoms with van der Waals surface area (Å²) >= 11 is 0. The predicted molar refractivity (Wildman–Crippen MR) is 80.9 cm³/mol. The van der Waals surface area contributed by atoms with E-state index in [1.165, 1.54) is 16.6 Å². The van der Waals surface area contributed by atoms with Crippen LogP contribution >= 0.6 is 0 Å². The van der Waals surface area contributed by atoms with Gasteiger partial charge in [-0.3, -0.25) is 0 Å². The second-order valence-electron chi connectivity index (χ2n) is 6.28. The smallest absolute Gasteiger partial charge is 0.399 e. The van der Waals surface area contributed by atoms with Crippen LogP contribution in [-0.4, -0.2) is 18.3 Å². The highest BCUT2D eigenvalue weighted by Gasteiger charge is 2.52. The normalized spacial score (nSPS) is 20.8. The molecule has 0 spiro atoms. The molecule has 19 heavy (non-hydrogen) atoms. The fraction of sp³-hybridized carbons (Fsp3) is 0.625. The summed E-state index contributed by atoms with van der Waals surface area (Å²) in [6.07, 6.45) is 2.07. The summed E-state index contributed by atoms with van der Waals surface area (Å²) in [4.78, 5) is 0. The van der Waals surface area contributed by atoms with Crippen LogP contribution in [0.4, 0.5) is 0 Å². The SMILES string of the molecule is CCc1cccc(B2OC(C)(C)C(C)(C)O2)c1CC. The fourth-order valence-corrected chi connectivity index (χ4v) is 2.61. The van der Waals surface area contributed by atoms with E-state index in [4.69, 9.17) is 9.31 Å². The van der Waals surface area contributed by atoms with E-state index in [-0.39, 0.29) is 18.3 Å². The molecule has 1 aliphatic heterocycles. The maximum Gasteiger partial charge on any atom is 0.495 e. The molecule has 3 heteroatoms. The maximum absolute atomic E-state index is 6.17. The minimum Gasteiger partial charge on any atom is -0.399 e. The Balaban J connectivity index is 2.39. The van der Waals surface area contributed by atoms with E-state index in [1.807, 2.05) is 0 Å². The third kappa shape index (κ3) is 2.46. The van der Waals surface area contributed by atoms with E-state index in [0.29, 0.717) is 0 Å². The Morgan fingerprint density at radius 1 is 0.947 bits per heavy atom. The molecule has 0 N–H and O–H groups in total. The number of benzene rings is 1. The molecule has 0 unspecified atom stereocenters. The second kappa shape index (κ2) is 4.95. The molecular weight excluding hydrogens is 235 g/mol. The lowest BCUT2D eigenvalue weighted by Crippen LogP contribution is -2.41. The Bertz CT molecular complexity index is 450. The first kappa shape index (κ1) is 14.6. The highest BCUT2D eigenvalue weighted by molar-refractivity contribution is 6.62. The van der Waals surface area contributed by atoms with Crippen molar-refractivity contribution in [2.24, 2.45) is 0 Å². The molecule has 0 atom stereocenters. The lowest BCUT2D eigenvalue weighted by Gasteiger charge is -2.32. The summed E-state index contributed by atoms with van der Waals surface area (Å²) in [6, 6.07) is 6.45. The average molecular weight is 260 g/mol.